The zero-order valence-corrected chi connectivity index (χ0v) is 17.9. The molecule has 1 saturated carbocycles. The predicted octanol–water partition coefficient (Wildman–Crippen LogP) is 3.21. The first-order chi connectivity index (χ1) is 13.9. The van der Waals surface area contributed by atoms with Crippen molar-refractivity contribution in [1.82, 2.24) is 20.4 Å². The molecule has 29 heavy (non-hydrogen) atoms. The molecule has 1 aromatic rings. The first-order valence-corrected chi connectivity index (χ1v) is 10.6. The Morgan fingerprint density at radius 2 is 2.10 bits per heavy atom. The van der Waals surface area contributed by atoms with Gasteiger partial charge in [0.2, 0.25) is 0 Å². The third-order valence-electron chi connectivity index (χ3n) is 5.41. The van der Waals surface area contributed by atoms with Gasteiger partial charge in [0.25, 0.3) is 0 Å². The van der Waals surface area contributed by atoms with Gasteiger partial charge in [-0.3, -0.25) is 0 Å². The molecule has 3 rings (SSSR count). The van der Waals surface area contributed by atoms with Crippen molar-refractivity contribution < 1.29 is 14.0 Å². The van der Waals surface area contributed by atoms with Crippen molar-refractivity contribution in [2.45, 2.75) is 44.3 Å². The number of carbonyl (C=O) groups excluding carboxylic acids is 2. The van der Waals surface area contributed by atoms with Gasteiger partial charge in [0.15, 0.2) is 0 Å². The lowest BCUT2D eigenvalue weighted by atomic mass is 9.91. The molecule has 2 atom stereocenters. The Balaban J connectivity index is 1.71. The molecule has 4 amide bonds. The fourth-order valence-electron chi connectivity index (χ4n) is 3.89. The Bertz CT molecular complexity index is 811. The number of carbonyl (C=O) groups is 2. The van der Waals surface area contributed by atoms with Crippen LogP contribution >= 0.6 is 15.9 Å². The summed E-state index contributed by atoms with van der Waals surface area (Å²) in [6.45, 7) is 1.03. The van der Waals surface area contributed by atoms with Gasteiger partial charge >= 0.3 is 12.1 Å². The molecule has 9 heteroatoms. The highest BCUT2D eigenvalue weighted by Crippen LogP contribution is 2.33. The fraction of sp³-hybridized carbons (Fsp3) is 0.550. The van der Waals surface area contributed by atoms with Gasteiger partial charge in [-0.05, 0) is 37.3 Å². The number of hydrogen-bond acceptors (Lipinski definition) is 3. The number of rotatable bonds is 5. The number of nitrogens with one attached hydrogen (secondary N) is 2. The Labute approximate surface area is 178 Å². The molecule has 0 aromatic heterocycles. The van der Waals surface area contributed by atoms with E-state index in [-0.39, 0.29) is 42.4 Å². The van der Waals surface area contributed by atoms with Crippen molar-refractivity contribution in [2.75, 3.05) is 20.1 Å². The number of halogens is 2. The molecule has 1 aromatic carbocycles. The lowest BCUT2D eigenvalue weighted by Gasteiger charge is -2.42. The summed E-state index contributed by atoms with van der Waals surface area (Å²) in [6, 6.07) is 6.43. The zero-order valence-electron chi connectivity index (χ0n) is 16.3. The average molecular weight is 466 g/mol. The molecule has 1 aliphatic carbocycles. The molecule has 2 N–H and O–H groups in total. The minimum absolute atomic E-state index is 0.0222. The van der Waals surface area contributed by atoms with Crippen LogP contribution in [-0.2, 0) is 6.54 Å². The van der Waals surface area contributed by atoms with Crippen LogP contribution in [0.4, 0.5) is 14.0 Å². The van der Waals surface area contributed by atoms with E-state index in [9.17, 15) is 14.0 Å². The van der Waals surface area contributed by atoms with Crippen LogP contribution in [0, 0.1) is 23.1 Å². The average Bonchev–Trinajstić information content (AvgIpc) is 3.52. The normalized spacial score (nSPS) is 21.2. The number of likely N-dealkylation sites (tertiary alicyclic amines) is 1. The van der Waals surface area contributed by atoms with Crippen LogP contribution in [0.5, 0.6) is 0 Å². The lowest BCUT2D eigenvalue weighted by Crippen LogP contribution is -2.58. The molecule has 0 radical (unpaired) electrons. The number of nitriles is 1. The van der Waals surface area contributed by atoms with Gasteiger partial charge in [-0.25, -0.2) is 14.0 Å². The maximum Gasteiger partial charge on any atom is 0.318 e. The van der Waals surface area contributed by atoms with Gasteiger partial charge < -0.3 is 20.4 Å². The lowest BCUT2D eigenvalue weighted by molar-refractivity contribution is 0.0921. The quantitative estimate of drug-likeness (QED) is 0.699. The minimum atomic E-state index is -0.379. The van der Waals surface area contributed by atoms with Crippen molar-refractivity contribution in [1.29, 1.82) is 5.26 Å². The molecule has 0 spiro atoms. The summed E-state index contributed by atoms with van der Waals surface area (Å²) in [6.07, 6.45) is 2.85. The number of nitrogens with zero attached hydrogens (tertiary/aromatic N) is 3. The third kappa shape index (κ3) is 5.38. The molecule has 1 saturated heterocycles. The highest BCUT2D eigenvalue weighted by Gasteiger charge is 2.41. The van der Waals surface area contributed by atoms with Crippen molar-refractivity contribution in [3.8, 4) is 6.07 Å². The van der Waals surface area contributed by atoms with E-state index in [1.165, 1.54) is 6.07 Å². The van der Waals surface area contributed by atoms with Crippen LogP contribution in [0.2, 0.25) is 0 Å². The molecular formula is C20H25BrFN5O2. The second-order valence-electron chi connectivity index (χ2n) is 7.61. The van der Waals surface area contributed by atoms with E-state index in [1.54, 1.807) is 29.0 Å². The smallest absolute Gasteiger partial charge is 0.318 e. The highest BCUT2D eigenvalue weighted by atomic mass is 79.9. The van der Waals surface area contributed by atoms with E-state index in [0.717, 1.165) is 12.8 Å². The zero-order chi connectivity index (χ0) is 21.0. The minimum Gasteiger partial charge on any atom is -0.341 e. The molecule has 1 heterocycles. The molecule has 1 aliphatic heterocycles. The largest absolute Gasteiger partial charge is 0.341 e. The van der Waals surface area contributed by atoms with Gasteiger partial charge in [-0.1, -0.05) is 22.0 Å². The summed E-state index contributed by atoms with van der Waals surface area (Å²) in [5.41, 5.74) is 0.412. The van der Waals surface area contributed by atoms with Crippen LogP contribution in [0.3, 0.4) is 0 Å². The van der Waals surface area contributed by atoms with Crippen molar-refractivity contribution in [3.05, 3.63) is 34.1 Å². The SMILES string of the molecule is CNC(=O)N1CC(CC#N)CC(N(C(=O)NCc2ccc(Br)cc2F)C2CC2)C1. The number of piperidine rings is 1. The van der Waals surface area contributed by atoms with Gasteiger partial charge in [0.1, 0.15) is 5.82 Å². The summed E-state index contributed by atoms with van der Waals surface area (Å²) >= 11 is 3.22. The third-order valence-corrected chi connectivity index (χ3v) is 5.90. The topological polar surface area (TPSA) is 88.5 Å². The Hall–Kier alpha value is -2.34. The number of hydrogen-bond donors (Lipinski definition) is 2. The van der Waals surface area contributed by atoms with Crippen molar-refractivity contribution in [2.24, 2.45) is 5.92 Å². The molecule has 0 bridgehead atoms. The molecule has 2 aliphatic rings. The van der Waals surface area contributed by atoms with E-state index in [2.05, 4.69) is 32.6 Å². The second kappa shape index (κ2) is 9.44. The Kier molecular flexibility index (Phi) is 6.96. The maximum atomic E-state index is 14.1. The van der Waals surface area contributed by atoms with Gasteiger partial charge in [-0.15, -0.1) is 0 Å². The van der Waals surface area contributed by atoms with E-state index in [4.69, 9.17) is 5.26 Å². The van der Waals surface area contributed by atoms with Gasteiger partial charge in [0, 0.05) is 49.2 Å². The van der Waals surface area contributed by atoms with Crippen LogP contribution in [-0.4, -0.2) is 54.1 Å². The van der Waals surface area contributed by atoms with Gasteiger partial charge in [0.05, 0.1) is 12.1 Å². The van der Waals surface area contributed by atoms with Gasteiger partial charge in [-0.2, -0.15) is 5.26 Å². The summed E-state index contributed by atoms with van der Waals surface area (Å²) in [5.74, 6) is -0.357. The summed E-state index contributed by atoms with van der Waals surface area (Å²) in [7, 11) is 1.57. The van der Waals surface area contributed by atoms with Crippen LogP contribution in [0.15, 0.2) is 22.7 Å². The molecule has 2 fully saturated rings. The molecule has 7 nitrogen and oxygen atoms in total. The van der Waals surface area contributed by atoms with Crippen molar-refractivity contribution >= 4 is 28.0 Å². The molecular weight excluding hydrogens is 441 g/mol. The maximum absolute atomic E-state index is 14.1. The number of urea groups is 2. The first-order valence-electron chi connectivity index (χ1n) is 9.76. The van der Waals surface area contributed by atoms with Crippen LogP contribution in [0.1, 0.15) is 31.2 Å². The summed E-state index contributed by atoms with van der Waals surface area (Å²) in [5, 5.41) is 14.6. The molecule has 156 valence electrons. The monoisotopic (exact) mass is 465 g/mol. The highest BCUT2D eigenvalue weighted by molar-refractivity contribution is 9.10. The Morgan fingerprint density at radius 3 is 2.72 bits per heavy atom. The standard InChI is InChI=1S/C20H25BrFN5O2/c1-24-19(28)26-11-13(6-7-23)8-17(12-26)27(16-4-5-16)20(29)25-10-14-2-3-15(21)9-18(14)22/h2-3,9,13,16-17H,4-6,8,10-12H2,1H3,(H,24,28)(H,25,29). The Morgan fingerprint density at radius 1 is 1.34 bits per heavy atom. The number of amides is 4. The van der Waals surface area contributed by atoms with E-state index in [0.29, 0.717) is 36.0 Å². The predicted molar refractivity (Wildman–Crippen MR) is 109 cm³/mol. The van der Waals surface area contributed by atoms with E-state index >= 15 is 0 Å². The van der Waals surface area contributed by atoms with Crippen molar-refractivity contribution in [3.63, 3.8) is 0 Å². The van der Waals surface area contributed by atoms with Crippen LogP contribution < -0.4 is 10.6 Å². The summed E-state index contributed by atoms with van der Waals surface area (Å²) < 4.78 is 14.7. The van der Waals surface area contributed by atoms with E-state index in [1.807, 2.05) is 0 Å². The fourth-order valence-corrected chi connectivity index (χ4v) is 4.22. The molecule has 2 unspecified atom stereocenters. The van der Waals surface area contributed by atoms with E-state index < -0.39 is 0 Å². The number of benzene rings is 1. The second-order valence-corrected chi connectivity index (χ2v) is 8.53. The summed E-state index contributed by atoms with van der Waals surface area (Å²) in [4.78, 5) is 28.6. The van der Waals surface area contributed by atoms with Crippen LogP contribution in [0.25, 0.3) is 0 Å². The first kappa shape index (κ1) is 21.4.